The normalized spacial score (nSPS) is 34.6. The number of esters is 2. The van der Waals surface area contributed by atoms with Crippen molar-refractivity contribution in [3.63, 3.8) is 0 Å². The molecule has 0 amide bonds. The molecule has 0 aliphatic heterocycles. The Labute approximate surface area is 219 Å². The molecule has 4 aliphatic rings. The van der Waals surface area contributed by atoms with Gasteiger partial charge in [-0.1, -0.05) is 19.4 Å². The van der Waals surface area contributed by atoms with Gasteiger partial charge in [-0.25, -0.2) is 4.98 Å². The summed E-state index contributed by atoms with van der Waals surface area (Å²) in [5.41, 5.74) is 7.18. The van der Waals surface area contributed by atoms with Crippen LogP contribution in [0.15, 0.2) is 41.6 Å². The highest BCUT2D eigenvalue weighted by molar-refractivity contribution is 5.66. The van der Waals surface area contributed by atoms with E-state index in [1.165, 1.54) is 25.0 Å². The molecular formula is C29H41N3O5. The van der Waals surface area contributed by atoms with E-state index in [2.05, 4.69) is 30.4 Å². The maximum atomic E-state index is 11.9. The third-order valence-corrected chi connectivity index (χ3v) is 9.58. The molecule has 0 bridgehead atoms. The summed E-state index contributed by atoms with van der Waals surface area (Å²) in [6.07, 6.45) is 15.3. The largest absolute Gasteiger partial charge is 0.462 e. The van der Waals surface area contributed by atoms with Crippen molar-refractivity contribution in [1.82, 2.24) is 15.0 Å². The SMILES string of the molecule is CC(=O)O[C@H]1CC[C@@]2(C)C(=CC(NOCCCn3ccnc3)=C3[C@@H]4CC[C@H](OC(C)=O)[C@@]4(C)CC[C@@H]32)C1. The molecule has 202 valence electrons. The van der Waals surface area contributed by atoms with Crippen molar-refractivity contribution in [3.8, 4) is 0 Å². The number of nitrogens with zero attached hydrogens (tertiary/aromatic N) is 2. The summed E-state index contributed by atoms with van der Waals surface area (Å²) in [5.74, 6) is 0.339. The lowest BCUT2D eigenvalue weighted by Gasteiger charge is -2.55. The van der Waals surface area contributed by atoms with E-state index in [-0.39, 0.29) is 35.0 Å². The summed E-state index contributed by atoms with van der Waals surface area (Å²) in [5, 5.41) is 0. The van der Waals surface area contributed by atoms with Gasteiger partial charge in [0.05, 0.1) is 18.6 Å². The van der Waals surface area contributed by atoms with Gasteiger partial charge >= 0.3 is 11.9 Å². The standard InChI is InChI=1S/C29H41N3O5/c1-19(33)36-22-8-10-28(3)21(16-22)17-25(31-35-15-5-13-32-14-12-30-18-32)27-23-6-7-26(37-20(2)34)29(23,4)11-9-24(27)28/h12,14,17-18,22-24,26,31H,5-11,13,15-16H2,1-4H3/t22-,23-,24-,26-,28-,29-/m0/s1. The number of imidazole rings is 1. The van der Waals surface area contributed by atoms with E-state index in [1.54, 1.807) is 6.20 Å². The van der Waals surface area contributed by atoms with Crippen LogP contribution in [0.25, 0.3) is 0 Å². The molecule has 1 aromatic heterocycles. The van der Waals surface area contributed by atoms with E-state index in [4.69, 9.17) is 14.3 Å². The van der Waals surface area contributed by atoms with Gasteiger partial charge in [0.15, 0.2) is 0 Å². The van der Waals surface area contributed by atoms with Crippen molar-refractivity contribution in [2.24, 2.45) is 22.7 Å². The van der Waals surface area contributed by atoms with Crippen LogP contribution in [-0.4, -0.2) is 40.3 Å². The second-order valence-corrected chi connectivity index (χ2v) is 11.9. The first kappa shape index (κ1) is 26.0. The zero-order valence-corrected chi connectivity index (χ0v) is 22.6. The highest BCUT2D eigenvalue weighted by Crippen LogP contribution is 2.64. The molecular weight excluding hydrogens is 470 g/mol. The van der Waals surface area contributed by atoms with Gasteiger partial charge in [0.25, 0.3) is 0 Å². The first-order valence-electron chi connectivity index (χ1n) is 13.8. The van der Waals surface area contributed by atoms with Gasteiger partial charge in [0.2, 0.25) is 0 Å². The molecule has 1 heterocycles. The van der Waals surface area contributed by atoms with Gasteiger partial charge < -0.3 is 14.0 Å². The molecule has 0 unspecified atom stereocenters. The Morgan fingerprint density at radius 2 is 1.89 bits per heavy atom. The average molecular weight is 512 g/mol. The predicted octanol–water partition coefficient (Wildman–Crippen LogP) is 4.87. The third-order valence-electron chi connectivity index (χ3n) is 9.58. The minimum atomic E-state index is -0.211. The molecule has 0 radical (unpaired) electrons. The summed E-state index contributed by atoms with van der Waals surface area (Å²) in [6, 6.07) is 0. The number of hydrogen-bond acceptors (Lipinski definition) is 7. The molecule has 4 aliphatic carbocycles. The fourth-order valence-electron chi connectivity index (χ4n) is 7.70. The van der Waals surface area contributed by atoms with Crippen molar-refractivity contribution in [1.29, 1.82) is 0 Å². The fraction of sp³-hybridized carbons (Fsp3) is 0.690. The molecule has 6 atom stereocenters. The van der Waals surface area contributed by atoms with E-state index in [9.17, 15) is 9.59 Å². The molecule has 8 nitrogen and oxygen atoms in total. The Bertz CT molecular complexity index is 1080. The highest BCUT2D eigenvalue weighted by atomic mass is 16.6. The van der Waals surface area contributed by atoms with Gasteiger partial charge in [0, 0.05) is 44.6 Å². The van der Waals surface area contributed by atoms with E-state index in [1.807, 2.05) is 17.1 Å². The van der Waals surface area contributed by atoms with E-state index in [0.717, 1.165) is 63.6 Å². The number of ether oxygens (including phenoxy) is 2. The second kappa shape index (κ2) is 10.3. The number of hydroxylamine groups is 1. The van der Waals surface area contributed by atoms with Gasteiger partial charge in [0.1, 0.15) is 12.2 Å². The quantitative estimate of drug-likeness (QED) is 0.302. The number of carbonyl (C=O) groups excluding carboxylic acids is 2. The number of allylic oxidation sites excluding steroid dienone is 2. The van der Waals surface area contributed by atoms with Crippen LogP contribution in [-0.2, 0) is 30.4 Å². The van der Waals surface area contributed by atoms with Gasteiger partial charge in [-0.05, 0) is 73.8 Å². The molecule has 8 heteroatoms. The molecule has 5 rings (SSSR count). The minimum Gasteiger partial charge on any atom is -0.462 e. The molecule has 0 spiro atoms. The molecule has 37 heavy (non-hydrogen) atoms. The summed E-state index contributed by atoms with van der Waals surface area (Å²) in [4.78, 5) is 33.7. The molecule has 1 N–H and O–H groups in total. The second-order valence-electron chi connectivity index (χ2n) is 11.9. The Morgan fingerprint density at radius 3 is 2.62 bits per heavy atom. The summed E-state index contributed by atoms with van der Waals surface area (Å²) >= 11 is 0. The Hall–Kier alpha value is -2.61. The summed E-state index contributed by atoms with van der Waals surface area (Å²) < 4.78 is 13.5. The zero-order valence-electron chi connectivity index (χ0n) is 22.6. The highest BCUT2D eigenvalue weighted by Gasteiger charge is 2.58. The molecule has 3 fully saturated rings. The molecule has 3 saturated carbocycles. The monoisotopic (exact) mass is 511 g/mol. The summed E-state index contributed by atoms with van der Waals surface area (Å²) in [6.45, 7) is 9.15. The third kappa shape index (κ3) is 4.97. The van der Waals surface area contributed by atoms with Crippen LogP contribution in [0, 0.1) is 22.7 Å². The Kier molecular flexibility index (Phi) is 7.22. The number of carbonyl (C=O) groups is 2. The van der Waals surface area contributed by atoms with E-state index >= 15 is 0 Å². The van der Waals surface area contributed by atoms with Crippen molar-refractivity contribution in [3.05, 3.63) is 41.6 Å². The maximum absolute atomic E-state index is 11.9. The van der Waals surface area contributed by atoms with Crippen molar-refractivity contribution in [2.45, 2.75) is 97.8 Å². The van der Waals surface area contributed by atoms with Crippen LogP contribution in [0.2, 0.25) is 0 Å². The minimum absolute atomic E-state index is 0.0411. The predicted molar refractivity (Wildman–Crippen MR) is 138 cm³/mol. The lowest BCUT2D eigenvalue weighted by Crippen LogP contribution is -2.49. The van der Waals surface area contributed by atoms with Crippen LogP contribution in [0.5, 0.6) is 0 Å². The topological polar surface area (TPSA) is 91.7 Å². The van der Waals surface area contributed by atoms with Crippen molar-refractivity contribution in [2.75, 3.05) is 6.61 Å². The lowest BCUT2D eigenvalue weighted by atomic mass is 9.50. The van der Waals surface area contributed by atoms with Crippen molar-refractivity contribution < 1.29 is 23.9 Å². The van der Waals surface area contributed by atoms with Crippen LogP contribution >= 0.6 is 0 Å². The number of hydrogen-bond donors (Lipinski definition) is 1. The molecule has 1 aromatic rings. The molecule has 0 aromatic carbocycles. The number of aromatic nitrogens is 2. The van der Waals surface area contributed by atoms with Gasteiger partial charge in [-0.2, -0.15) is 0 Å². The summed E-state index contributed by atoms with van der Waals surface area (Å²) in [7, 11) is 0. The number of rotatable bonds is 8. The first-order valence-corrected chi connectivity index (χ1v) is 13.8. The fourth-order valence-corrected chi connectivity index (χ4v) is 7.70. The van der Waals surface area contributed by atoms with E-state index in [0.29, 0.717) is 18.4 Å². The Balaban J connectivity index is 1.41. The van der Waals surface area contributed by atoms with Crippen LogP contribution in [0.4, 0.5) is 0 Å². The van der Waals surface area contributed by atoms with E-state index < -0.39 is 0 Å². The number of aryl methyl sites for hydroxylation is 1. The maximum Gasteiger partial charge on any atom is 0.302 e. The van der Waals surface area contributed by atoms with Crippen LogP contribution in [0.3, 0.4) is 0 Å². The van der Waals surface area contributed by atoms with Crippen LogP contribution < -0.4 is 5.48 Å². The zero-order chi connectivity index (χ0) is 26.2. The lowest BCUT2D eigenvalue weighted by molar-refractivity contribution is -0.153. The van der Waals surface area contributed by atoms with Gasteiger partial charge in [-0.15, -0.1) is 0 Å². The average Bonchev–Trinajstić information content (AvgIpc) is 3.47. The van der Waals surface area contributed by atoms with Gasteiger partial charge in [-0.3, -0.25) is 19.9 Å². The number of fused-ring (bicyclic) bond motifs is 5. The molecule has 0 saturated heterocycles. The van der Waals surface area contributed by atoms with Crippen LogP contribution in [0.1, 0.15) is 79.1 Å². The Morgan fingerprint density at radius 1 is 1.08 bits per heavy atom. The smallest absolute Gasteiger partial charge is 0.302 e. The number of nitrogens with one attached hydrogen (secondary N) is 1. The van der Waals surface area contributed by atoms with Crippen molar-refractivity contribution >= 4 is 11.9 Å². The first-order chi connectivity index (χ1) is 17.7.